The molecule has 7 nitrogen and oxygen atoms in total. The molecular formula is C17H23N5O2. The van der Waals surface area contributed by atoms with E-state index in [0.29, 0.717) is 30.8 Å². The van der Waals surface area contributed by atoms with Crippen molar-refractivity contribution in [2.75, 3.05) is 27.2 Å². The highest BCUT2D eigenvalue weighted by Gasteiger charge is 2.37. The van der Waals surface area contributed by atoms with Crippen molar-refractivity contribution in [2.45, 2.75) is 25.0 Å². The minimum Gasteiger partial charge on any atom is -0.382 e. The number of hydrogen-bond donors (Lipinski definition) is 2. The molecule has 1 aliphatic rings. The average Bonchev–Trinajstić information content (AvgIpc) is 3.10. The van der Waals surface area contributed by atoms with E-state index in [-0.39, 0.29) is 5.91 Å². The van der Waals surface area contributed by atoms with Crippen LogP contribution in [0.1, 0.15) is 34.5 Å². The number of likely N-dealkylation sites (tertiary alicyclic amines) is 1. The molecule has 2 heterocycles. The van der Waals surface area contributed by atoms with E-state index in [2.05, 4.69) is 20.3 Å². The van der Waals surface area contributed by atoms with Gasteiger partial charge in [-0.15, -0.1) is 0 Å². The van der Waals surface area contributed by atoms with E-state index >= 15 is 0 Å². The molecule has 0 bridgehead atoms. The molecule has 1 aromatic carbocycles. The monoisotopic (exact) mass is 329 g/mol. The fraction of sp³-hybridized carbons (Fsp3) is 0.471. The number of H-pyrrole nitrogens is 1. The predicted molar refractivity (Wildman–Crippen MR) is 89.3 cm³/mol. The number of hydrogen-bond acceptors (Lipinski definition) is 5. The predicted octanol–water partition coefficient (Wildman–Crippen LogP) is 0.990. The zero-order valence-electron chi connectivity index (χ0n) is 14.1. The first kappa shape index (κ1) is 16.6. The Bertz CT molecular complexity index is 701. The lowest BCUT2D eigenvalue weighted by atomic mass is 9.90. The summed E-state index contributed by atoms with van der Waals surface area (Å²) in [5, 5.41) is 21.3. The van der Waals surface area contributed by atoms with Gasteiger partial charge in [-0.05, 0) is 37.1 Å². The number of aromatic amines is 1. The Morgan fingerprint density at radius 1 is 1.46 bits per heavy atom. The van der Waals surface area contributed by atoms with Crippen LogP contribution in [-0.2, 0) is 12.1 Å². The van der Waals surface area contributed by atoms with Gasteiger partial charge < -0.3 is 10.0 Å². The van der Waals surface area contributed by atoms with E-state index in [1.165, 1.54) is 0 Å². The second-order valence-corrected chi connectivity index (χ2v) is 6.60. The maximum absolute atomic E-state index is 12.1. The smallest absolute Gasteiger partial charge is 0.253 e. The first-order valence-corrected chi connectivity index (χ1v) is 8.09. The summed E-state index contributed by atoms with van der Waals surface area (Å²) in [6, 6.07) is 7.66. The summed E-state index contributed by atoms with van der Waals surface area (Å²) in [7, 11) is 3.50. The van der Waals surface area contributed by atoms with Gasteiger partial charge in [-0.3, -0.25) is 9.69 Å². The third-order valence-corrected chi connectivity index (χ3v) is 4.43. The summed E-state index contributed by atoms with van der Waals surface area (Å²) < 4.78 is 0. The van der Waals surface area contributed by atoms with E-state index in [9.17, 15) is 9.90 Å². The van der Waals surface area contributed by atoms with Crippen molar-refractivity contribution < 1.29 is 9.90 Å². The molecule has 2 N–H and O–H groups in total. The highest BCUT2D eigenvalue weighted by atomic mass is 16.3. The summed E-state index contributed by atoms with van der Waals surface area (Å²) >= 11 is 0. The van der Waals surface area contributed by atoms with Crippen molar-refractivity contribution in [3.05, 3.63) is 47.3 Å². The van der Waals surface area contributed by atoms with Crippen molar-refractivity contribution in [3.63, 3.8) is 0 Å². The maximum atomic E-state index is 12.1. The minimum atomic E-state index is -0.970. The van der Waals surface area contributed by atoms with Crippen molar-refractivity contribution >= 4 is 5.91 Å². The number of β-amino-alcohol motifs (C(OH)–C–C–N with tert-alkyl or cyclic N) is 1. The molecule has 1 aromatic heterocycles. The normalized spacial score (nSPS) is 21.6. The second kappa shape index (κ2) is 6.70. The summed E-state index contributed by atoms with van der Waals surface area (Å²) in [4.78, 5) is 15.9. The summed E-state index contributed by atoms with van der Waals surface area (Å²) in [5.74, 6) is -0.00500. The molecule has 2 aromatic rings. The van der Waals surface area contributed by atoms with Crippen molar-refractivity contribution in [1.29, 1.82) is 0 Å². The number of carbonyl (C=O) groups is 1. The van der Waals surface area contributed by atoms with Crippen LogP contribution in [-0.4, -0.2) is 63.4 Å². The van der Waals surface area contributed by atoms with Gasteiger partial charge in [0.15, 0.2) is 0 Å². The van der Waals surface area contributed by atoms with Crippen LogP contribution in [0.4, 0.5) is 0 Å². The average molecular weight is 329 g/mol. The molecule has 7 heteroatoms. The van der Waals surface area contributed by atoms with Crippen molar-refractivity contribution in [2.24, 2.45) is 0 Å². The third-order valence-electron chi connectivity index (χ3n) is 4.43. The molecule has 1 fully saturated rings. The first-order chi connectivity index (χ1) is 11.5. The Labute approximate surface area is 141 Å². The Hall–Kier alpha value is -2.25. The number of benzene rings is 1. The van der Waals surface area contributed by atoms with Crippen LogP contribution < -0.4 is 0 Å². The van der Waals surface area contributed by atoms with Crippen LogP contribution in [0.5, 0.6) is 0 Å². The van der Waals surface area contributed by atoms with Crippen LogP contribution >= 0.6 is 0 Å². The molecule has 1 aliphatic heterocycles. The molecule has 0 spiro atoms. The van der Waals surface area contributed by atoms with Gasteiger partial charge in [-0.25, -0.2) is 0 Å². The number of aliphatic hydroxyl groups is 1. The van der Waals surface area contributed by atoms with Crippen LogP contribution in [0, 0.1) is 0 Å². The zero-order chi connectivity index (χ0) is 17.2. The van der Waals surface area contributed by atoms with E-state index in [1.54, 1.807) is 25.2 Å². The molecule has 0 radical (unpaired) electrons. The van der Waals surface area contributed by atoms with E-state index in [4.69, 9.17) is 0 Å². The third kappa shape index (κ3) is 3.47. The van der Waals surface area contributed by atoms with Crippen LogP contribution in [0.3, 0.4) is 0 Å². The number of rotatable bonds is 4. The number of amides is 1. The fourth-order valence-electron chi connectivity index (χ4n) is 3.21. The number of carbonyl (C=O) groups excluding carboxylic acids is 1. The van der Waals surface area contributed by atoms with Gasteiger partial charge in [0.05, 0.1) is 6.20 Å². The molecule has 24 heavy (non-hydrogen) atoms. The van der Waals surface area contributed by atoms with Gasteiger partial charge in [0, 0.05) is 32.7 Å². The molecule has 0 aliphatic carbocycles. The molecular weight excluding hydrogens is 306 g/mol. The molecule has 0 unspecified atom stereocenters. The number of nitrogens with zero attached hydrogens (tertiary/aromatic N) is 4. The van der Waals surface area contributed by atoms with Gasteiger partial charge in [-0.2, -0.15) is 15.4 Å². The van der Waals surface area contributed by atoms with E-state index < -0.39 is 5.60 Å². The van der Waals surface area contributed by atoms with Crippen molar-refractivity contribution in [3.8, 4) is 0 Å². The standard InChI is InChI=1S/C17H23N5O2/c1-21(2)16(23)14-6-3-5-13(9-14)11-22-8-4-7-17(24,12-22)15-10-18-20-19-15/h3,5-6,9-10,24H,4,7-8,11-12H2,1-2H3,(H,18,19,20)/t17-/m1/s1. The van der Waals surface area contributed by atoms with Crippen LogP contribution in [0.15, 0.2) is 30.5 Å². The number of aromatic nitrogens is 3. The highest BCUT2D eigenvalue weighted by molar-refractivity contribution is 5.94. The van der Waals surface area contributed by atoms with Gasteiger partial charge >= 0.3 is 0 Å². The minimum absolute atomic E-state index is 0.00500. The zero-order valence-corrected chi connectivity index (χ0v) is 14.1. The first-order valence-electron chi connectivity index (χ1n) is 8.09. The van der Waals surface area contributed by atoms with E-state index in [1.807, 2.05) is 24.3 Å². The molecule has 0 saturated carbocycles. The molecule has 128 valence electrons. The Morgan fingerprint density at radius 3 is 3.00 bits per heavy atom. The SMILES string of the molecule is CN(C)C(=O)c1cccc(CN2CCC[C@](O)(c3cn[nH]n3)C2)c1. The van der Waals surface area contributed by atoms with E-state index in [0.717, 1.165) is 18.5 Å². The molecule has 1 amide bonds. The van der Waals surface area contributed by atoms with Gasteiger partial charge in [0.2, 0.25) is 0 Å². The quantitative estimate of drug-likeness (QED) is 0.874. The largest absolute Gasteiger partial charge is 0.382 e. The second-order valence-electron chi connectivity index (χ2n) is 6.60. The molecule has 1 saturated heterocycles. The Morgan fingerprint density at radius 2 is 2.29 bits per heavy atom. The molecule has 1 atom stereocenters. The lowest BCUT2D eigenvalue weighted by Gasteiger charge is -2.38. The Balaban J connectivity index is 1.72. The van der Waals surface area contributed by atoms with Gasteiger partial charge in [-0.1, -0.05) is 12.1 Å². The summed E-state index contributed by atoms with van der Waals surface area (Å²) in [5.41, 5.74) is 1.36. The molecule has 3 rings (SSSR count). The lowest BCUT2D eigenvalue weighted by molar-refractivity contribution is -0.0414. The van der Waals surface area contributed by atoms with Crippen molar-refractivity contribution in [1.82, 2.24) is 25.2 Å². The topological polar surface area (TPSA) is 85.4 Å². The van der Waals surface area contributed by atoms with Crippen LogP contribution in [0.2, 0.25) is 0 Å². The number of piperidine rings is 1. The summed E-state index contributed by atoms with van der Waals surface area (Å²) in [6.07, 6.45) is 3.15. The maximum Gasteiger partial charge on any atom is 0.253 e. The van der Waals surface area contributed by atoms with Gasteiger partial charge in [0.1, 0.15) is 11.3 Å². The fourth-order valence-corrected chi connectivity index (χ4v) is 3.21. The number of nitrogens with one attached hydrogen (secondary N) is 1. The summed E-state index contributed by atoms with van der Waals surface area (Å²) in [6.45, 7) is 2.10. The van der Waals surface area contributed by atoms with Crippen LogP contribution in [0.25, 0.3) is 0 Å². The Kier molecular flexibility index (Phi) is 4.64. The highest BCUT2D eigenvalue weighted by Crippen LogP contribution is 2.30. The lowest BCUT2D eigenvalue weighted by Crippen LogP contribution is -2.45. The van der Waals surface area contributed by atoms with Gasteiger partial charge in [0.25, 0.3) is 5.91 Å².